The molecule has 4 heterocycles. The van der Waals surface area contributed by atoms with Crippen molar-refractivity contribution in [3.8, 4) is 17.2 Å². The second-order valence-electron chi connectivity index (χ2n) is 13.9. The lowest BCUT2D eigenvalue weighted by Crippen LogP contribution is -2.38. The van der Waals surface area contributed by atoms with Crippen molar-refractivity contribution in [1.82, 2.24) is 44.4 Å². The molecule has 2 N–H and O–H groups in total. The van der Waals surface area contributed by atoms with E-state index < -0.39 is 102 Å². The molecular formula is C37H30ClF9N10O2S. The Labute approximate surface area is 342 Å². The van der Waals surface area contributed by atoms with E-state index in [4.69, 9.17) is 11.6 Å². The number of carbonyl (C=O) groups excluding carboxylic acids is 1. The number of alkyl halides is 7. The van der Waals surface area contributed by atoms with E-state index in [1.807, 2.05) is 0 Å². The standard InChI is InChI=1S/C37H30ClF9N10O2S/c1-16-8-21-29(32(41)42)52-55(31(21)37(16,46)47)14-26(58)50-24(11-18-9-19(39)12-20(40)10-18)35-51-23(33-48-7-6-17(2)49-33)13-27(59)57(35)25-5-4-22(38)28-30(25)56(15-36(43,44)45)53-34(28)54-60-3/h4-7,9-10,12-13,16,24,32H,8,11,14-15H2,1-3H3,(H,50,58)(H,53,54). The van der Waals surface area contributed by atoms with Crippen molar-refractivity contribution in [2.45, 2.75) is 64.3 Å². The summed E-state index contributed by atoms with van der Waals surface area (Å²) in [4.78, 5) is 41.6. The van der Waals surface area contributed by atoms with Gasteiger partial charge in [0.2, 0.25) is 5.91 Å². The number of fused-ring (bicyclic) bond motifs is 2. The monoisotopic (exact) mass is 884 g/mol. The van der Waals surface area contributed by atoms with E-state index >= 15 is 8.78 Å². The van der Waals surface area contributed by atoms with Crippen LogP contribution in [0.5, 0.6) is 0 Å². The minimum atomic E-state index is -4.85. The molecule has 23 heteroatoms. The van der Waals surface area contributed by atoms with Gasteiger partial charge in [0.25, 0.3) is 17.9 Å². The lowest BCUT2D eigenvalue weighted by Gasteiger charge is -2.24. The summed E-state index contributed by atoms with van der Waals surface area (Å²) in [6.45, 7) is 0.0131. The average Bonchev–Trinajstić information content (AvgIpc) is 3.76. The number of rotatable bonds is 12. The number of nitrogens with zero attached hydrogens (tertiary/aromatic N) is 8. The van der Waals surface area contributed by atoms with Gasteiger partial charge in [-0.15, -0.1) is 0 Å². The molecule has 6 aromatic rings. The maximum atomic E-state index is 15.4. The molecule has 1 aliphatic carbocycles. The number of hydrogen-bond donors (Lipinski definition) is 2. The van der Waals surface area contributed by atoms with Gasteiger partial charge in [0.05, 0.1) is 27.7 Å². The summed E-state index contributed by atoms with van der Waals surface area (Å²) in [7, 11) is 0. The van der Waals surface area contributed by atoms with Crippen LogP contribution in [0.1, 0.15) is 53.4 Å². The van der Waals surface area contributed by atoms with Gasteiger partial charge in [-0.1, -0.05) is 30.5 Å². The summed E-state index contributed by atoms with van der Waals surface area (Å²) in [6, 6.07) is 5.65. The van der Waals surface area contributed by atoms with Crippen molar-refractivity contribution in [2.75, 3.05) is 11.0 Å². The Morgan fingerprint density at radius 1 is 1.05 bits per heavy atom. The van der Waals surface area contributed by atoms with E-state index in [2.05, 4.69) is 35.2 Å². The van der Waals surface area contributed by atoms with Crippen LogP contribution in [0.3, 0.4) is 0 Å². The molecule has 2 atom stereocenters. The van der Waals surface area contributed by atoms with Gasteiger partial charge < -0.3 is 10.0 Å². The van der Waals surface area contributed by atoms with E-state index in [1.165, 1.54) is 24.4 Å². The van der Waals surface area contributed by atoms with Gasteiger partial charge >= 0.3 is 6.18 Å². The van der Waals surface area contributed by atoms with Crippen LogP contribution in [0.15, 0.2) is 53.5 Å². The molecule has 0 bridgehead atoms. The molecule has 60 heavy (non-hydrogen) atoms. The van der Waals surface area contributed by atoms with Gasteiger partial charge in [-0.25, -0.2) is 32.5 Å². The van der Waals surface area contributed by atoms with Crippen molar-refractivity contribution < 1.29 is 44.3 Å². The second-order valence-corrected chi connectivity index (χ2v) is 14.9. The molecule has 2 unspecified atom stereocenters. The molecule has 0 radical (unpaired) electrons. The number of carbonyl (C=O) groups is 1. The van der Waals surface area contributed by atoms with Gasteiger partial charge in [0.1, 0.15) is 47.6 Å². The van der Waals surface area contributed by atoms with Crippen molar-refractivity contribution in [1.29, 1.82) is 0 Å². The molecule has 7 rings (SSSR count). The fraction of sp³-hybridized carbons (Fsp3) is 0.324. The smallest absolute Gasteiger partial charge is 0.344 e. The highest BCUT2D eigenvalue weighted by Gasteiger charge is 2.51. The first-order chi connectivity index (χ1) is 28.2. The maximum absolute atomic E-state index is 15.4. The van der Waals surface area contributed by atoms with Gasteiger partial charge in [-0.05, 0) is 49.2 Å². The Bertz CT molecular complexity index is 2680. The van der Waals surface area contributed by atoms with Gasteiger partial charge in [0.15, 0.2) is 11.6 Å². The zero-order chi connectivity index (χ0) is 43.4. The molecule has 1 amide bonds. The number of nitrogens with one attached hydrogen (secondary N) is 2. The number of aromatic nitrogens is 8. The van der Waals surface area contributed by atoms with Crippen LogP contribution < -0.4 is 15.6 Å². The average molecular weight is 885 g/mol. The van der Waals surface area contributed by atoms with Crippen molar-refractivity contribution in [3.05, 3.63) is 110 Å². The van der Waals surface area contributed by atoms with E-state index in [0.29, 0.717) is 21.1 Å². The number of amides is 1. The predicted octanol–water partition coefficient (Wildman–Crippen LogP) is 8.05. The quantitative estimate of drug-likeness (QED) is 0.0924. The molecule has 0 spiro atoms. The summed E-state index contributed by atoms with van der Waals surface area (Å²) in [5, 5.41) is 10.1. The lowest BCUT2D eigenvalue weighted by atomic mass is 10.0. The summed E-state index contributed by atoms with van der Waals surface area (Å²) in [5.41, 5.74) is -3.77. The van der Waals surface area contributed by atoms with Gasteiger partial charge in [-0.2, -0.15) is 32.1 Å². The molecule has 0 saturated heterocycles. The first-order valence-electron chi connectivity index (χ1n) is 17.7. The Morgan fingerprint density at radius 2 is 1.77 bits per heavy atom. The fourth-order valence-electron chi connectivity index (χ4n) is 7.16. The predicted molar refractivity (Wildman–Crippen MR) is 202 cm³/mol. The maximum Gasteiger partial charge on any atom is 0.408 e. The largest absolute Gasteiger partial charge is 0.408 e. The number of benzene rings is 2. The molecule has 316 valence electrons. The van der Waals surface area contributed by atoms with Crippen LogP contribution in [-0.4, -0.2) is 57.4 Å². The van der Waals surface area contributed by atoms with Crippen molar-refractivity contribution in [2.24, 2.45) is 5.92 Å². The van der Waals surface area contributed by atoms with E-state index in [0.717, 1.165) is 41.6 Å². The second kappa shape index (κ2) is 16.1. The van der Waals surface area contributed by atoms with Crippen LogP contribution in [0.4, 0.5) is 45.3 Å². The van der Waals surface area contributed by atoms with Crippen LogP contribution in [-0.2, 0) is 36.6 Å². The van der Waals surface area contributed by atoms with Crippen molar-refractivity contribution >= 4 is 46.2 Å². The highest BCUT2D eigenvalue weighted by Crippen LogP contribution is 2.48. The van der Waals surface area contributed by atoms with Crippen LogP contribution >= 0.6 is 23.5 Å². The highest BCUT2D eigenvalue weighted by atomic mass is 35.5. The van der Waals surface area contributed by atoms with Crippen LogP contribution in [0.25, 0.3) is 28.1 Å². The van der Waals surface area contributed by atoms with Gasteiger partial charge in [0, 0.05) is 48.2 Å². The van der Waals surface area contributed by atoms with Crippen LogP contribution in [0, 0.1) is 24.5 Å². The molecule has 0 aliphatic heterocycles. The van der Waals surface area contributed by atoms with Crippen molar-refractivity contribution in [3.63, 3.8) is 0 Å². The summed E-state index contributed by atoms with van der Waals surface area (Å²) in [6.07, 6.45) is -6.23. The SMILES string of the molecule is CSNc1nn(CC(F)(F)F)c2c(-n3c(C(Cc4cc(F)cc(F)c4)NC(=O)Cn4nc(C(F)F)c5c4C(F)(F)C(C)C5)nc(-c4nccc(C)n4)cc3=O)ccc(Cl)c12. The topological polar surface area (TPSA) is 137 Å². The van der Waals surface area contributed by atoms with E-state index in [-0.39, 0.29) is 44.5 Å². The third-order valence-electron chi connectivity index (χ3n) is 9.59. The summed E-state index contributed by atoms with van der Waals surface area (Å²) >= 11 is 7.52. The zero-order valence-electron chi connectivity index (χ0n) is 31.3. The Kier molecular flexibility index (Phi) is 11.4. The molecule has 0 fully saturated rings. The summed E-state index contributed by atoms with van der Waals surface area (Å²) in [5.74, 6) is -9.02. The van der Waals surface area contributed by atoms with Gasteiger partial charge in [-0.3, -0.25) is 23.5 Å². The third-order valence-corrected chi connectivity index (χ3v) is 10.3. The number of hydrogen-bond acceptors (Lipinski definition) is 9. The number of anilines is 1. The molecule has 12 nitrogen and oxygen atoms in total. The van der Waals surface area contributed by atoms with Crippen LogP contribution in [0.2, 0.25) is 5.02 Å². The number of halogens is 10. The first-order valence-corrected chi connectivity index (χ1v) is 19.4. The first kappa shape index (κ1) is 42.5. The molecular weight excluding hydrogens is 855 g/mol. The molecule has 2 aromatic carbocycles. The minimum absolute atomic E-state index is 0.0537. The summed E-state index contributed by atoms with van der Waals surface area (Å²) < 4.78 is 135. The number of aryl methyl sites for hydroxylation is 1. The molecule has 4 aromatic heterocycles. The Morgan fingerprint density at radius 3 is 2.42 bits per heavy atom. The fourth-order valence-corrected chi connectivity index (χ4v) is 7.73. The minimum Gasteiger partial charge on any atom is -0.344 e. The Balaban J connectivity index is 1.47. The van der Waals surface area contributed by atoms with E-state index in [1.54, 1.807) is 13.2 Å². The lowest BCUT2D eigenvalue weighted by molar-refractivity contribution is -0.141. The third kappa shape index (κ3) is 8.25. The highest BCUT2D eigenvalue weighted by molar-refractivity contribution is 7.99. The molecule has 0 saturated carbocycles. The molecule has 1 aliphatic rings. The van der Waals surface area contributed by atoms with E-state index in [9.17, 15) is 40.3 Å². The normalized spacial score (nSPS) is 15.5. The Hall–Kier alpha value is -5.64. The zero-order valence-corrected chi connectivity index (χ0v) is 32.8.